The van der Waals surface area contributed by atoms with Gasteiger partial charge in [0.1, 0.15) is 0 Å². The third kappa shape index (κ3) is 4.54. The van der Waals surface area contributed by atoms with Crippen LogP contribution < -0.4 is 14.8 Å². The summed E-state index contributed by atoms with van der Waals surface area (Å²) < 4.78 is 15.6. The number of amides is 1. The molecule has 0 fully saturated rings. The summed E-state index contributed by atoms with van der Waals surface area (Å²) in [5, 5.41) is 3.35. The van der Waals surface area contributed by atoms with Gasteiger partial charge in [0.05, 0.1) is 11.1 Å². The van der Waals surface area contributed by atoms with E-state index in [0.29, 0.717) is 22.1 Å². The van der Waals surface area contributed by atoms with Crippen LogP contribution in [-0.4, -0.2) is 25.3 Å². The standard InChI is InChI=1S/C22H20ClNO5/c23-17-10-14(11-19-22(17)29-13-28-19)8-9-21(26)27-12-20(25)24-18-7-3-5-15-4-1-2-6-16(15)18/h1-2,4,6,8-11,18H,3,5,7,12-13H2,(H,24,25)/b9-8+/t18-/m1/s1. The summed E-state index contributed by atoms with van der Waals surface area (Å²) in [6.07, 6.45) is 5.71. The lowest BCUT2D eigenvalue weighted by Crippen LogP contribution is -2.34. The third-order valence-corrected chi connectivity index (χ3v) is 5.19. The summed E-state index contributed by atoms with van der Waals surface area (Å²) in [5.41, 5.74) is 3.06. The van der Waals surface area contributed by atoms with E-state index in [2.05, 4.69) is 11.4 Å². The minimum atomic E-state index is -0.613. The normalized spacial score (nSPS) is 17.1. The summed E-state index contributed by atoms with van der Waals surface area (Å²) in [5.74, 6) is 0.0857. The molecule has 0 spiro atoms. The van der Waals surface area contributed by atoms with E-state index >= 15 is 0 Å². The fourth-order valence-electron chi connectivity index (χ4n) is 3.57. The van der Waals surface area contributed by atoms with E-state index in [-0.39, 0.29) is 25.3 Å². The number of rotatable bonds is 5. The highest BCUT2D eigenvalue weighted by atomic mass is 35.5. The van der Waals surface area contributed by atoms with Crippen LogP contribution in [0.25, 0.3) is 6.08 Å². The maximum absolute atomic E-state index is 12.2. The summed E-state index contributed by atoms with van der Waals surface area (Å²) >= 11 is 6.11. The van der Waals surface area contributed by atoms with Gasteiger partial charge in [-0.3, -0.25) is 4.79 Å². The molecular weight excluding hydrogens is 394 g/mol. The average Bonchev–Trinajstić information content (AvgIpc) is 3.20. The van der Waals surface area contributed by atoms with Crippen molar-refractivity contribution in [1.29, 1.82) is 0 Å². The second-order valence-corrected chi connectivity index (χ2v) is 7.30. The fraction of sp³-hybridized carbons (Fsp3) is 0.273. The van der Waals surface area contributed by atoms with Crippen molar-refractivity contribution in [1.82, 2.24) is 5.32 Å². The van der Waals surface area contributed by atoms with Gasteiger partial charge in [-0.1, -0.05) is 35.9 Å². The first-order chi connectivity index (χ1) is 14.1. The van der Waals surface area contributed by atoms with Crippen LogP contribution >= 0.6 is 11.6 Å². The SMILES string of the molecule is O=C(COC(=O)/C=C/c1cc(Cl)c2c(c1)OCO2)N[C@@H]1CCCc2ccccc21. The Morgan fingerprint density at radius 1 is 1.24 bits per heavy atom. The molecule has 1 aliphatic carbocycles. The van der Waals surface area contributed by atoms with Crippen molar-refractivity contribution in [2.75, 3.05) is 13.4 Å². The van der Waals surface area contributed by atoms with Gasteiger partial charge in [-0.2, -0.15) is 0 Å². The maximum atomic E-state index is 12.2. The number of hydrogen-bond donors (Lipinski definition) is 1. The predicted molar refractivity (Wildman–Crippen MR) is 108 cm³/mol. The van der Waals surface area contributed by atoms with Crippen molar-refractivity contribution in [3.8, 4) is 11.5 Å². The lowest BCUT2D eigenvalue weighted by atomic mass is 9.88. The number of carbonyl (C=O) groups is 2. The number of halogens is 1. The lowest BCUT2D eigenvalue weighted by molar-refractivity contribution is -0.144. The highest BCUT2D eigenvalue weighted by Crippen LogP contribution is 2.40. The smallest absolute Gasteiger partial charge is 0.331 e. The van der Waals surface area contributed by atoms with E-state index in [9.17, 15) is 9.59 Å². The van der Waals surface area contributed by atoms with E-state index < -0.39 is 5.97 Å². The maximum Gasteiger partial charge on any atom is 0.331 e. The Bertz CT molecular complexity index is 972. The molecule has 0 radical (unpaired) electrons. The van der Waals surface area contributed by atoms with Crippen LogP contribution in [-0.2, 0) is 20.7 Å². The molecule has 2 aromatic carbocycles. The van der Waals surface area contributed by atoms with Gasteiger partial charge in [-0.05, 0) is 54.2 Å². The van der Waals surface area contributed by atoms with Gasteiger partial charge < -0.3 is 19.5 Å². The molecule has 2 aromatic rings. The number of benzene rings is 2. The van der Waals surface area contributed by atoms with Crippen molar-refractivity contribution in [3.05, 3.63) is 64.2 Å². The Labute approximate surface area is 173 Å². The Morgan fingerprint density at radius 3 is 3.00 bits per heavy atom. The van der Waals surface area contributed by atoms with Gasteiger partial charge in [0.2, 0.25) is 6.79 Å². The molecule has 7 heteroatoms. The van der Waals surface area contributed by atoms with Crippen molar-refractivity contribution in [2.45, 2.75) is 25.3 Å². The van der Waals surface area contributed by atoms with Crippen molar-refractivity contribution in [2.24, 2.45) is 0 Å². The summed E-state index contributed by atoms with van der Waals surface area (Å²) in [4.78, 5) is 24.2. The molecule has 1 heterocycles. The molecule has 2 aliphatic rings. The van der Waals surface area contributed by atoms with Crippen LogP contribution in [0.1, 0.15) is 35.6 Å². The van der Waals surface area contributed by atoms with E-state index in [1.807, 2.05) is 18.2 Å². The Balaban J connectivity index is 1.29. The van der Waals surface area contributed by atoms with Gasteiger partial charge in [0, 0.05) is 6.08 Å². The average molecular weight is 414 g/mol. The minimum Gasteiger partial charge on any atom is -0.454 e. The Kier molecular flexibility index (Phi) is 5.71. The Hall–Kier alpha value is -2.99. The first-order valence-corrected chi connectivity index (χ1v) is 9.79. The molecule has 1 amide bonds. The molecule has 1 N–H and O–H groups in total. The number of ether oxygens (including phenoxy) is 3. The zero-order valence-corrected chi connectivity index (χ0v) is 16.4. The van der Waals surface area contributed by atoms with Crippen LogP contribution in [0, 0.1) is 0 Å². The number of fused-ring (bicyclic) bond motifs is 2. The van der Waals surface area contributed by atoms with Crippen molar-refractivity contribution in [3.63, 3.8) is 0 Å². The molecule has 29 heavy (non-hydrogen) atoms. The molecule has 150 valence electrons. The number of nitrogens with one attached hydrogen (secondary N) is 1. The first-order valence-electron chi connectivity index (χ1n) is 9.41. The fourth-order valence-corrected chi connectivity index (χ4v) is 3.85. The number of carbonyl (C=O) groups excluding carboxylic acids is 2. The lowest BCUT2D eigenvalue weighted by Gasteiger charge is -2.26. The second-order valence-electron chi connectivity index (χ2n) is 6.89. The monoisotopic (exact) mass is 413 g/mol. The molecule has 0 aromatic heterocycles. The number of esters is 1. The first kappa shape index (κ1) is 19.3. The molecule has 0 unspecified atom stereocenters. The van der Waals surface area contributed by atoms with Crippen LogP contribution in [0.15, 0.2) is 42.5 Å². The largest absolute Gasteiger partial charge is 0.454 e. The third-order valence-electron chi connectivity index (χ3n) is 4.91. The molecule has 1 atom stereocenters. The topological polar surface area (TPSA) is 73.9 Å². The predicted octanol–water partition coefficient (Wildman–Crippen LogP) is 3.82. The highest BCUT2D eigenvalue weighted by Gasteiger charge is 2.21. The summed E-state index contributed by atoms with van der Waals surface area (Å²) in [7, 11) is 0. The molecule has 0 saturated heterocycles. The summed E-state index contributed by atoms with van der Waals surface area (Å²) in [6, 6.07) is 11.4. The van der Waals surface area contributed by atoms with E-state index in [1.165, 1.54) is 11.6 Å². The molecule has 4 rings (SSSR count). The molecule has 0 bridgehead atoms. The van der Waals surface area contributed by atoms with E-state index in [1.54, 1.807) is 18.2 Å². The van der Waals surface area contributed by atoms with E-state index in [0.717, 1.165) is 24.8 Å². The Morgan fingerprint density at radius 2 is 2.10 bits per heavy atom. The van der Waals surface area contributed by atoms with Crippen LogP contribution in [0.2, 0.25) is 5.02 Å². The minimum absolute atomic E-state index is 0.0440. The van der Waals surface area contributed by atoms with Crippen molar-refractivity contribution >= 4 is 29.6 Å². The molecule has 0 saturated carbocycles. The van der Waals surface area contributed by atoms with Gasteiger partial charge >= 0.3 is 5.97 Å². The molecule has 1 aliphatic heterocycles. The number of aryl methyl sites for hydroxylation is 1. The zero-order chi connectivity index (χ0) is 20.2. The van der Waals surface area contributed by atoms with Crippen molar-refractivity contribution < 1.29 is 23.8 Å². The highest BCUT2D eigenvalue weighted by molar-refractivity contribution is 6.32. The summed E-state index contributed by atoms with van der Waals surface area (Å²) in [6.45, 7) is -0.214. The molecular formula is C22H20ClNO5. The second kappa shape index (κ2) is 8.57. The van der Waals surface area contributed by atoms with Crippen LogP contribution in [0.3, 0.4) is 0 Å². The van der Waals surface area contributed by atoms with E-state index in [4.69, 9.17) is 25.8 Å². The van der Waals surface area contributed by atoms with Gasteiger partial charge in [-0.25, -0.2) is 4.79 Å². The quantitative estimate of drug-likeness (QED) is 0.596. The molecule has 6 nitrogen and oxygen atoms in total. The van der Waals surface area contributed by atoms with Gasteiger partial charge in [0.25, 0.3) is 5.91 Å². The zero-order valence-electron chi connectivity index (χ0n) is 15.7. The van der Waals surface area contributed by atoms with Crippen LogP contribution in [0.5, 0.6) is 11.5 Å². The van der Waals surface area contributed by atoms with Gasteiger partial charge in [0.15, 0.2) is 18.1 Å². The number of hydrogen-bond acceptors (Lipinski definition) is 5. The van der Waals surface area contributed by atoms with Crippen LogP contribution in [0.4, 0.5) is 0 Å². The van der Waals surface area contributed by atoms with Gasteiger partial charge in [-0.15, -0.1) is 0 Å².